The Hall–Kier alpha value is -2.22. The number of alkyl halides is 3. The van der Waals surface area contributed by atoms with E-state index in [0.29, 0.717) is 37.3 Å². The minimum atomic E-state index is -4.60. The second-order valence-electron chi connectivity index (χ2n) is 7.24. The molecule has 0 heterocycles. The number of hydrogen-bond acceptors (Lipinski definition) is 5. The summed E-state index contributed by atoms with van der Waals surface area (Å²) in [7, 11) is 1.31. The fourth-order valence-electron chi connectivity index (χ4n) is 3.57. The molecule has 1 aromatic carbocycles. The van der Waals surface area contributed by atoms with E-state index >= 15 is 0 Å². The molecule has 2 aliphatic rings. The van der Waals surface area contributed by atoms with Crippen LogP contribution in [0.15, 0.2) is 18.2 Å². The number of ether oxygens (including phenoxy) is 1. The standard InChI is InChI=1S/C19H24F3N3O2/c1-27-18(26)13-6-4-12(5-7-13)14-8-9-15(25(24)10-11-2-3-11)17(23)16(14)19(20,21)22/h4,8-9,11,13H,2-3,5-7,10,23-24H2,1H3. The van der Waals surface area contributed by atoms with Crippen LogP contribution in [0, 0.1) is 11.8 Å². The highest BCUT2D eigenvalue weighted by molar-refractivity contribution is 5.82. The lowest BCUT2D eigenvalue weighted by atomic mass is 9.84. The summed E-state index contributed by atoms with van der Waals surface area (Å²) in [5.41, 5.74) is 5.53. The average Bonchev–Trinajstić information content (AvgIpc) is 3.43. The predicted molar refractivity (Wildman–Crippen MR) is 97.4 cm³/mol. The van der Waals surface area contributed by atoms with Crippen LogP contribution in [-0.4, -0.2) is 19.6 Å². The first-order chi connectivity index (χ1) is 12.7. The molecule has 1 atom stereocenters. The van der Waals surface area contributed by atoms with Gasteiger partial charge in [0.25, 0.3) is 0 Å². The number of carbonyl (C=O) groups excluding carboxylic acids is 1. The predicted octanol–water partition coefficient (Wildman–Crippen LogP) is 3.73. The summed E-state index contributed by atoms with van der Waals surface area (Å²) in [6.07, 6.45) is 0.303. The molecule has 0 aromatic heterocycles. The van der Waals surface area contributed by atoms with Crippen molar-refractivity contribution >= 4 is 22.9 Å². The van der Waals surface area contributed by atoms with Gasteiger partial charge in [0.2, 0.25) is 0 Å². The third-order valence-electron chi connectivity index (χ3n) is 5.26. The maximum Gasteiger partial charge on any atom is 0.419 e. The molecule has 0 saturated heterocycles. The van der Waals surface area contributed by atoms with Gasteiger partial charge in [0.05, 0.1) is 30.0 Å². The Morgan fingerprint density at radius 3 is 2.52 bits per heavy atom. The summed E-state index contributed by atoms with van der Waals surface area (Å²) in [5, 5.41) is 1.31. The monoisotopic (exact) mass is 383 g/mol. The summed E-state index contributed by atoms with van der Waals surface area (Å²) in [4.78, 5) is 11.6. The smallest absolute Gasteiger partial charge is 0.419 e. The molecule has 27 heavy (non-hydrogen) atoms. The zero-order chi connectivity index (χ0) is 19.8. The van der Waals surface area contributed by atoms with Gasteiger partial charge in [-0.25, -0.2) is 5.84 Å². The van der Waals surface area contributed by atoms with Crippen LogP contribution < -0.4 is 16.6 Å². The summed E-state index contributed by atoms with van der Waals surface area (Å²) in [5.74, 6) is 5.73. The second-order valence-corrected chi connectivity index (χ2v) is 7.24. The van der Waals surface area contributed by atoms with Crippen molar-refractivity contribution in [2.24, 2.45) is 17.7 Å². The van der Waals surface area contributed by atoms with Gasteiger partial charge in [-0.1, -0.05) is 12.1 Å². The summed E-state index contributed by atoms with van der Waals surface area (Å²) in [6.45, 7) is 0.490. The number of hydrazine groups is 1. The zero-order valence-electron chi connectivity index (χ0n) is 15.2. The number of halogens is 3. The van der Waals surface area contributed by atoms with Crippen molar-refractivity contribution in [3.8, 4) is 0 Å². The Bertz CT molecular complexity index is 757. The quantitative estimate of drug-likeness (QED) is 0.350. The van der Waals surface area contributed by atoms with Gasteiger partial charge in [0.1, 0.15) is 0 Å². The largest absolute Gasteiger partial charge is 0.469 e. The molecule has 0 radical (unpaired) electrons. The average molecular weight is 383 g/mol. The van der Waals surface area contributed by atoms with Gasteiger partial charge in [-0.15, -0.1) is 0 Å². The molecule has 0 amide bonds. The summed E-state index contributed by atoms with van der Waals surface area (Å²) < 4.78 is 46.1. The normalized spacial score (nSPS) is 20.2. The third-order valence-corrected chi connectivity index (χ3v) is 5.26. The molecule has 1 fully saturated rings. The zero-order valence-corrected chi connectivity index (χ0v) is 15.2. The van der Waals surface area contributed by atoms with Crippen molar-refractivity contribution in [3.63, 3.8) is 0 Å². The minimum absolute atomic E-state index is 0.0619. The maximum absolute atomic E-state index is 13.8. The molecule has 0 bridgehead atoms. The molecule has 3 rings (SSSR count). The molecule has 2 aliphatic carbocycles. The van der Waals surface area contributed by atoms with Crippen molar-refractivity contribution in [1.82, 2.24) is 0 Å². The molecular formula is C19H24F3N3O2. The van der Waals surface area contributed by atoms with Gasteiger partial charge in [-0.2, -0.15) is 13.2 Å². The molecule has 1 aromatic rings. The molecule has 1 saturated carbocycles. The molecule has 0 aliphatic heterocycles. The van der Waals surface area contributed by atoms with Gasteiger partial charge in [0.15, 0.2) is 0 Å². The van der Waals surface area contributed by atoms with E-state index in [1.165, 1.54) is 18.2 Å². The van der Waals surface area contributed by atoms with Crippen LogP contribution in [0.2, 0.25) is 0 Å². The van der Waals surface area contributed by atoms with Crippen LogP contribution in [0.5, 0.6) is 0 Å². The fourth-order valence-corrected chi connectivity index (χ4v) is 3.57. The van der Waals surface area contributed by atoms with E-state index < -0.39 is 11.7 Å². The van der Waals surface area contributed by atoms with Crippen LogP contribution in [0.4, 0.5) is 24.5 Å². The first-order valence-electron chi connectivity index (χ1n) is 9.01. The molecule has 1 unspecified atom stereocenters. The van der Waals surface area contributed by atoms with E-state index in [9.17, 15) is 18.0 Å². The number of nitrogen functional groups attached to an aromatic ring is 1. The lowest BCUT2D eigenvalue weighted by Crippen LogP contribution is -2.34. The molecule has 8 heteroatoms. The summed E-state index contributed by atoms with van der Waals surface area (Å²) >= 11 is 0. The first-order valence-corrected chi connectivity index (χ1v) is 9.01. The number of nitrogens with two attached hydrogens (primary N) is 2. The Morgan fingerprint density at radius 2 is 2.00 bits per heavy atom. The van der Waals surface area contributed by atoms with E-state index in [-0.39, 0.29) is 28.8 Å². The van der Waals surface area contributed by atoms with Crippen LogP contribution in [0.1, 0.15) is 43.2 Å². The highest BCUT2D eigenvalue weighted by Gasteiger charge is 2.39. The van der Waals surface area contributed by atoms with E-state index in [2.05, 4.69) is 0 Å². The Balaban J connectivity index is 1.94. The number of methoxy groups -OCH3 is 1. The molecule has 148 valence electrons. The third kappa shape index (κ3) is 4.21. The number of nitrogens with zero attached hydrogens (tertiary/aromatic N) is 1. The molecular weight excluding hydrogens is 359 g/mol. The van der Waals surface area contributed by atoms with Crippen molar-refractivity contribution in [1.29, 1.82) is 0 Å². The Labute approximate surface area is 156 Å². The Morgan fingerprint density at radius 1 is 1.30 bits per heavy atom. The SMILES string of the molecule is COC(=O)C1CC=C(c2ccc(N(N)CC3CC3)c(N)c2C(F)(F)F)CC1. The molecule has 4 N–H and O–H groups in total. The van der Waals surface area contributed by atoms with E-state index in [1.54, 1.807) is 12.1 Å². The molecule has 0 spiro atoms. The number of hydrogen-bond donors (Lipinski definition) is 2. The van der Waals surface area contributed by atoms with Crippen LogP contribution >= 0.6 is 0 Å². The van der Waals surface area contributed by atoms with Crippen molar-refractivity contribution < 1.29 is 22.7 Å². The van der Waals surface area contributed by atoms with Crippen molar-refractivity contribution in [3.05, 3.63) is 29.3 Å². The highest BCUT2D eigenvalue weighted by Crippen LogP contribution is 2.45. The van der Waals surface area contributed by atoms with Crippen molar-refractivity contribution in [2.75, 3.05) is 24.4 Å². The first kappa shape index (κ1) is 19.5. The second kappa shape index (κ2) is 7.42. The van der Waals surface area contributed by atoms with E-state index in [1.807, 2.05) is 0 Å². The topological polar surface area (TPSA) is 81.6 Å². The van der Waals surface area contributed by atoms with Crippen molar-refractivity contribution in [2.45, 2.75) is 38.3 Å². The lowest BCUT2D eigenvalue weighted by molar-refractivity contribution is -0.145. The fraction of sp³-hybridized carbons (Fsp3) is 0.526. The Kier molecular flexibility index (Phi) is 5.37. The number of rotatable bonds is 5. The van der Waals surface area contributed by atoms with Gasteiger partial charge >= 0.3 is 12.1 Å². The van der Waals surface area contributed by atoms with E-state index in [0.717, 1.165) is 12.8 Å². The van der Waals surface area contributed by atoms with Gasteiger partial charge < -0.3 is 15.5 Å². The number of benzene rings is 1. The maximum atomic E-state index is 13.8. The summed E-state index contributed by atoms with van der Waals surface area (Å²) in [6, 6.07) is 2.99. The van der Waals surface area contributed by atoms with E-state index in [4.69, 9.17) is 16.3 Å². The van der Waals surface area contributed by atoms with Gasteiger partial charge in [-0.3, -0.25) is 4.79 Å². The van der Waals surface area contributed by atoms with Gasteiger partial charge in [-0.05, 0) is 55.2 Å². The van der Waals surface area contributed by atoms with Crippen LogP contribution in [0.3, 0.4) is 0 Å². The number of allylic oxidation sites excluding steroid dienone is 2. The number of anilines is 2. The van der Waals surface area contributed by atoms with Crippen LogP contribution in [-0.2, 0) is 15.7 Å². The number of esters is 1. The lowest BCUT2D eigenvalue weighted by Gasteiger charge is -2.26. The van der Waals surface area contributed by atoms with Crippen LogP contribution in [0.25, 0.3) is 5.57 Å². The highest BCUT2D eigenvalue weighted by atomic mass is 19.4. The van der Waals surface area contributed by atoms with Gasteiger partial charge in [0, 0.05) is 6.54 Å². The number of carbonyl (C=O) groups is 1. The minimum Gasteiger partial charge on any atom is -0.469 e. The molecule has 5 nitrogen and oxygen atoms in total.